The number of hydrogen-bond donors (Lipinski definition) is 4. The van der Waals surface area contributed by atoms with E-state index in [1.54, 1.807) is 0 Å². The second-order valence-electron chi connectivity index (χ2n) is 4.41. The van der Waals surface area contributed by atoms with Gasteiger partial charge in [0.25, 0.3) is 11.5 Å². The van der Waals surface area contributed by atoms with Crippen molar-refractivity contribution in [2.45, 2.75) is 0 Å². The van der Waals surface area contributed by atoms with E-state index >= 15 is 0 Å². The van der Waals surface area contributed by atoms with Crippen molar-refractivity contribution < 1.29 is 14.7 Å². The molecule has 1 aromatic heterocycles. The number of carbonyl (C=O) groups is 2. The van der Waals surface area contributed by atoms with Gasteiger partial charge in [0.05, 0.1) is 16.7 Å². The maximum Gasteiger partial charge on any atom is 0.260 e. The molecule has 0 saturated carbocycles. The summed E-state index contributed by atoms with van der Waals surface area (Å²) in [5.74, 6) is -1.81. The number of benzene rings is 1. The van der Waals surface area contributed by atoms with Gasteiger partial charge in [-0.25, -0.2) is 0 Å². The highest BCUT2D eigenvalue weighted by atomic mass is 35.5. The molecule has 0 fully saturated rings. The third-order valence-electron chi connectivity index (χ3n) is 2.99. The summed E-state index contributed by atoms with van der Waals surface area (Å²) >= 11 is 5.78. The monoisotopic (exact) mass is 321 g/mol. The van der Waals surface area contributed by atoms with E-state index in [1.807, 2.05) is 0 Å². The van der Waals surface area contributed by atoms with Crippen LogP contribution in [0.25, 0.3) is 0 Å². The molecule has 5 N–H and O–H groups in total. The fraction of sp³-hybridized carbons (Fsp3) is 0.0714. The zero-order valence-corrected chi connectivity index (χ0v) is 12.2. The van der Waals surface area contributed by atoms with Gasteiger partial charge in [-0.1, -0.05) is 11.6 Å². The van der Waals surface area contributed by atoms with Gasteiger partial charge >= 0.3 is 0 Å². The van der Waals surface area contributed by atoms with Crippen LogP contribution < -0.4 is 16.6 Å². The van der Waals surface area contributed by atoms with Crippen LogP contribution in [-0.2, 0) is 0 Å². The minimum absolute atomic E-state index is 0.0491. The first-order valence-corrected chi connectivity index (χ1v) is 6.51. The molecular formula is C14H12ClN3O4. The summed E-state index contributed by atoms with van der Waals surface area (Å²) in [6.45, 7) is 0. The van der Waals surface area contributed by atoms with Crippen LogP contribution >= 0.6 is 11.6 Å². The molecule has 2 aromatic rings. The number of nitrogen functional groups attached to an aromatic ring is 1. The van der Waals surface area contributed by atoms with Crippen LogP contribution in [0.3, 0.4) is 0 Å². The van der Waals surface area contributed by atoms with Gasteiger partial charge in [-0.15, -0.1) is 0 Å². The number of phenols is 1. The number of ketones is 1. The molecule has 22 heavy (non-hydrogen) atoms. The maximum absolute atomic E-state index is 12.4. The molecular weight excluding hydrogens is 310 g/mol. The van der Waals surface area contributed by atoms with E-state index in [1.165, 1.54) is 25.2 Å². The minimum atomic E-state index is -0.772. The second kappa shape index (κ2) is 5.90. The summed E-state index contributed by atoms with van der Waals surface area (Å²) < 4.78 is 0. The van der Waals surface area contributed by atoms with Crippen LogP contribution in [0.1, 0.15) is 26.3 Å². The van der Waals surface area contributed by atoms with E-state index in [4.69, 9.17) is 17.3 Å². The zero-order valence-electron chi connectivity index (χ0n) is 11.4. The predicted octanol–water partition coefficient (Wildman–Crippen LogP) is 0.907. The average Bonchev–Trinajstić information content (AvgIpc) is 2.48. The number of pyridine rings is 1. The van der Waals surface area contributed by atoms with E-state index in [2.05, 4.69) is 10.3 Å². The van der Waals surface area contributed by atoms with E-state index in [-0.39, 0.29) is 33.3 Å². The second-order valence-corrected chi connectivity index (χ2v) is 4.85. The Labute approximate surface area is 129 Å². The lowest BCUT2D eigenvalue weighted by Gasteiger charge is -2.08. The SMILES string of the molecule is CNC(=O)c1cc(C(=O)c2cc(Cl)ccc2O)c(=O)[nH]c1N. The third kappa shape index (κ3) is 2.79. The van der Waals surface area contributed by atoms with Crippen LogP contribution in [-0.4, -0.2) is 28.8 Å². The smallest absolute Gasteiger partial charge is 0.260 e. The van der Waals surface area contributed by atoms with Crippen LogP contribution in [0.4, 0.5) is 5.82 Å². The number of anilines is 1. The maximum atomic E-state index is 12.4. The Balaban J connectivity index is 2.61. The van der Waals surface area contributed by atoms with Crippen LogP contribution in [0.5, 0.6) is 5.75 Å². The number of nitrogens with one attached hydrogen (secondary N) is 2. The Kier molecular flexibility index (Phi) is 4.18. The quantitative estimate of drug-likeness (QED) is 0.625. The Morgan fingerprint density at radius 1 is 1.23 bits per heavy atom. The highest BCUT2D eigenvalue weighted by Gasteiger charge is 2.21. The molecule has 0 atom stereocenters. The van der Waals surface area contributed by atoms with Gasteiger partial charge in [0.15, 0.2) is 0 Å². The number of hydrogen-bond acceptors (Lipinski definition) is 5. The number of carbonyl (C=O) groups excluding carboxylic acids is 2. The van der Waals surface area contributed by atoms with E-state index < -0.39 is 17.2 Å². The van der Waals surface area contributed by atoms with Crippen molar-refractivity contribution in [3.63, 3.8) is 0 Å². The van der Waals surface area contributed by atoms with Crippen LogP contribution in [0.15, 0.2) is 29.1 Å². The molecule has 1 heterocycles. The lowest BCUT2D eigenvalue weighted by Crippen LogP contribution is -2.26. The molecule has 0 saturated heterocycles. The number of aromatic amines is 1. The third-order valence-corrected chi connectivity index (χ3v) is 3.23. The number of phenolic OH excluding ortho intramolecular Hbond substituents is 1. The Bertz CT molecular complexity index is 829. The van der Waals surface area contributed by atoms with Crippen molar-refractivity contribution in [1.82, 2.24) is 10.3 Å². The first kappa shape index (κ1) is 15.6. The van der Waals surface area contributed by atoms with Gasteiger partial charge in [0, 0.05) is 12.1 Å². The van der Waals surface area contributed by atoms with Gasteiger partial charge in [0.1, 0.15) is 11.6 Å². The van der Waals surface area contributed by atoms with Crippen LogP contribution in [0.2, 0.25) is 5.02 Å². The molecule has 8 heteroatoms. The molecule has 0 aliphatic carbocycles. The first-order valence-electron chi connectivity index (χ1n) is 6.13. The molecule has 7 nitrogen and oxygen atoms in total. The summed E-state index contributed by atoms with van der Waals surface area (Å²) in [7, 11) is 1.39. The lowest BCUT2D eigenvalue weighted by molar-refractivity contribution is 0.0963. The predicted molar refractivity (Wildman–Crippen MR) is 81.4 cm³/mol. The summed E-state index contributed by atoms with van der Waals surface area (Å²) in [4.78, 5) is 38.2. The topological polar surface area (TPSA) is 125 Å². The summed E-state index contributed by atoms with van der Waals surface area (Å²) in [6.07, 6.45) is 0. The molecule has 114 valence electrons. The fourth-order valence-corrected chi connectivity index (χ4v) is 2.04. The summed E-state index contributed by atoms with van der Waals surface area (Å²) in [6, 6.07) is 4.95. The van der Waals surface area contributed by atoms with Crippen molar-refractivity contribution in [2.24, 2.45) is 0 Å². The van der Waals surface area contributed by atoms with Crippen molar-refractivity contribution >= 4 is 29.1 Å². The van der Waals surface area contributed by atoms with Gasteiger partial charge in [-0.2, -0.15) is 0 Å². The van der Waals surface area contributed by atoms with Crippen molar-refractivity contribution in [2.75, 3.05) is 12.8 Å². The summed E-state index contributed by atoms with van der Waals surface area (Å²) in [5.41, 5.74) is 4.27. The molecule has 1 amide bonds. The zero-order chi connectivity index (χ0) is 16.4. The number of halogens is 1. The molecule has 0 aliphatic rings. The number of amides is 1. The number of nitrogens with two attached hydrogens (primary N) is 1. The Hall–Kier alpha value is -2.80. The number of aromatic nitrogens is 1. The molecule has 1 aromatic carbocycles. The Morgan fingerprint density at radius 2 is 1.91 bits per heavy atom. The highest BCUT2D eigenvalue weighted by molar-refractivity contribution is 6.31. The van der Waals surface area contributed by atoms with E-state index in [9.17, 15) is 19.5 Å². The number of aromatic hydroxyl groups is 1. The van der Waals surface area contributed by atoms with Gasteiger partial charge in [0.2, 0.25) is 5.78 Å². The average molecular weight is 322 g/mol. The molecule has 0 spiro atoms. The normalized spacial score (nSPS) is 10.3. The molecule has 2 rings (SSSR count). The fourth-order valence-electron chi connectivity index (χ4n) is 1.87. The van der Waals surface area contributed by atoms with Gasteiger partial charge in [-0.3, -0.25) is 14.4 Å². The minimum Gasteiger partial charge on any atom is -0.507 e. The molecule has 0 unspecified atom stereocenters. The number of rotatable bonds is 3. The van der Waals surface area contributed by atoms with Crippen LogP contribution in [0, 0.1) is 0 Å². The van der Waals surface area contributed by atoms with E-state index in [0.29, 0.717) is 0 Å². The lowest BCUT2D eigenvalue weighted by atomic mass is 10.0. The summed E-state index contributed by atoms with van der Waals surface area (Å²) in [5, 5.41) is 12.3. The van der Waals surface area contributed by atoms with Crippen molar-refractivity contribution in [3.8, 4) is 5.75 Å². The van der Waals surface area contributed by atoms with E-state index in [0.717, 1.165) is 6.07 Å². The van der Waals surface area contributed by atoms with Crippen molar-refractivity contribution in [1.29, 1.82) is 0 Å². The van der Waals surface area contributed by atoms with Gasteiger partial charge < -0.3 is 21.1 Å². The Morgan fingerprint density at radius 3 is 2.55 bits per heavy atom. The highest BCUT2D eigenvalue weighted by Crippen LogP contribution is 2.24. The molecule has 0 bridgehead atoms. The standard InChI is InChI=1S/C14H12ClN3O4/c1-17-13(21)9-5-8(14(22)18-12(9)16)11(20)7-4-6(15)2-3-10(7)19/h2-5,19H,1H3,(H,17,21)(H3,16,18,22). The molecule has 0 radical (unpaired) electrons. The largest absolute Gasteiger partial charge is 0.507 e. The van der Waals surface area contributed by atoms with Crippen molar-refractivity contribution in [3.05, 3.63) is 56.3 Å². The van der Waals surface area contributed by atoms with Gasteiger partial charge in [-0.05, 0) is 24.3 Å². The molecule has 0 aliphatic heterocycles. The first-order chi connectivity index (χ1) is 10.3. The number of H-pyrrole nitrogens is 1.